The van der Waals surface area contributed by atoms with Crippen LogP contribution < -0.4 is 20.5 Å². The SMILES string of the molecule is CC1(C)C(=O)Nc2cc(F)ccc2N1C(=O)COc1cccc2c(=O)[nH]ccc12. The number of carbonyl (C=O) groups excluding carboxylic acids is 2. The standard InChI is InChI=1S/C21H18FN3O4/c1-21(2)20(28)24-15-10-12(22)6-7-16(15)25(21)18(26)11-29-17-5-3-4-14-13(17)8-9-23-19(14)27/h3-10H,11H2,1-2H3,(H,23,27)(H,24,28). The van der Waals surface area contributed by atoms with Gasteiger partial charge in [0.05, 0.1) is 16.8 Å². The smallest absolute Gasteiger partial charge is 0.265 e. The van der Waals surface area contributed by atoms with Crippen LogP contribution in [0.5, 0.6) is 5.75 Å². The largest absolute Gasteiger partial charge is 0.483 e. The first-order valence-electron chi connectivity index (χ1n) is 8.96. The van der Waals surface area contributed by atoms with Crippen LogP contribution >= 0.6 is 0 Å². The van der Waals surface area contributed by atoms with Crippen molar-refractivity contribution in [3.63, 3.8) is 0 Å². The zero-order chi connectivity index (χ0) is 20.8. The van der Waals surface area contributed by atoms with E-state index in [0.717, 1.165) is 0 Å². The van der Waals surface area contributed by atoms with Crippen molar-refractivity contribution in [2.75, 3.05) is 16.8 Å². The van der Waals surface area contributed by atoms with Crippen LogP contribution in [0.1, 0.15) is 13.8 Å². The van der Waals surface area contributed by atoms with Crippen molar-refractivity contribution < 1.29 is 18.7 Å². The number of aromatic nitrogens is 1. The molecule has 2 amide bonds. The lowest BCUT2D eigenvalue weighted by atomic mass is 9.96. The molecule has 0 saturated carbocycles. The van der Waals surface area contributed by atoms with Crippen LogP contribution in [0.3, 0.4) is 0 Å². The van der Waals surface area contributed by atoms with E-state index in [0.29, 0.717) is 22.2 Å². The molecule has 0 fully saturated rings. The van der Waals surface area contributed by atoms with Crippen LogP contribution in [0.2, 0.25) is 0 Å². The Labute approximate surface area is 165 Å². The minimum atomic E-state index is -1.19. The fraction of sp³-hybridized carbons (Fsp3) is 0.190. The number of H-pyrrole nitrogens is 1. The Balaban J connectivity index is 1.66. The van der Waals surface area contributed by atoms with E-state index in [-0.39, 0.29) is 17.9 Å². The van der Waals surface area contributed by atoms with E-state index in [9.17, 15) is 18.8 Å². The van der Waals surface area contributed by atoms with Gasteiger partial charge in [-0.2, -0.15) is 0 Å². The number of rotatable bonds is 3. The van der Waals surface area contributed by atoms with Gasteiger partial charge in [-0.25, -0.2) is 4.39 Å². The molecule has 2 heterocycles. The third-order valence-corrected chi connectivity index (χ3v) is 4.94. The number of fused-ring (bicyclic) bond motifs is 2. The molecule has 0 spiro atoms. The number of nitrogens with one attached hydrogen (secondary N) is 2. The van der Waals surface area contributed by atoms with Crippen LogP contribution in [-0.2, 0) is 9.59 Å². The molecule has 29 heavy (non-hydrogen) atoms. The van der Waals surface area contributed by atoms with Crippen LogP contribution in [0.25, 0.3) is 10.8 Å². The average Bonchev–Trinajstić information content (AvgIpc) is 2.67. The molecular weight excluding hydrogens is 377 g/mol. The van der Waals surface area contributed by atoms with Crippen LogP contribution in [-0.4, -0.2) is 28.9 Å². The molecule has 3 aromatic rings. The topological polar surface area (TPSA) is 91.5 Å². The second-order valence-corrected chi connectivity index (χ2v) is 7.22. The number of carbonyl (C=O) groups is 2. The lowest BCUT2D eigenvalue weighted by Gasteiger charge is -2.41. The molecule has 148 valence electrons. The van der Waals surface area contributed by atoms with Crippen LogP contribution in [0.15, 0.2) is 53.5 Å². The molecular formula is C21H18FN3O4. The summed E-state index contributed by atoms with van der Waals surface area (Å²) in [5.74, 6) is -1.05. The first-order chi connectivity index (χ1) is 13.8. The molecule has 0 radical (unpaired) electrons. The molecule has 2 N–H and O–H groups in total. The van der Waals surface area contributed by atoms with Crippen molar-refractivity contribution in [1.29, 1.82) is 0 Å². The molecule has 0 aliphatic carbocycles. The second-order valence-electron chi connectivity index (χ2n) is 7.22. The van der Waals surface area contributed by atoms with E-state index in [1.54, 1.807) is 38.1 Å². The number of pyridine rings is 1. The predicted octanol–water partition coefficient (Wildman–Crippen LogP) is 2.81. The second kappa shape index (κ2) is 6.73. The summed E-state index contributed by atoms with van der Waals surface area (Å²) in [6, 6.07) is 10.5. The third kappa shape index (κ3) is 3.12. The minimum absolute atomic E-state index is 0.222. The van der Waals surface area contributed by atoms with Crippen LogP contribution in [0, 0.1) is 5.82 Å². The number of nitrogens with zero attached hydrogens (tertiary/aromatic N) is 1. The third-order valence-electron chi connectivity index (χ3n) is 4.94. The van der Waals surface area contributed by atoms with Gasteiger partial charge in [0.25, 0.3) is 11.5 Å². The van der Waals surface area contributed by atoms with Crippen molar-refractivity contribution in [3.05, 3.63) is 64.8 Å². The van der Waals surface area contributed by atoms with E-state index in [1.807, 2.05) is 0 Å². The number of hydrogen-bond donors (Lipinski definition) is 2. The zero-order valence-corrected chi connectivity index (χ0v) is 15.8. The Hall–Kier alpha value is -3.68. The summed E-state index contributed by atoms with van der Waals surface area (Å²) in [5, 5.41) is 3.64. The van der Waals surface area contributed by atoms with Crippen molar-refractivity contribution in [1.82, 2.24) is 4.98 Å². The van der Waals surface area contributed by atoms with Gasteiger partial charge < -0.3 is 15.0 Å². The number of aromatic amines is 1. The molecule has 2 aromatic carbocycles. The van der Waals surface area contributed by atoms with E-state index in [2.05, 4.69) is 10.3 Å². The number of amides is 2. The van der Waals surface area contributed by atoms with E-state index >= 15 is 0 Å². The highest BCUT2D eigenvalue weighted by Crippen LogP contribution is 2.37. The summed E-state index contributed by atoms with van der Waals surface area (Å²) in [6.07, 6.45) is 1.50. The summed E-state index contributed by atoms with van der Waals surface area (Å²) in [6.45, 7) is 2.84. The van der Waals surface area contributed by atoms with Gasteiger partial charge in [-0.15, -0.1) is 0 Å². The molecule has 7 nitrogen and oxygen atoms in total. The number of anilines is 2. The van der Waals surface area contributed by atoms with Crippen molar-refractivity contribution >= 4 is 34.0 Å². The van der Waals surface area contributed by atoms with Crippen molar-refractivity contribution in [2.24, 2.45) is 0 Å². The van der Waals surface area contributed by atoms with Gasteiger partial charge in [0, 0.05) is 11.6 Å². The molecule has 8 heteroatoms. The first-order valence-corrected chi connectivity index (χ1v) is 8.96. The summed E-state index contributed by atoms with van der Waals surface area (Å²) < 4.78 is 19.3. The lowest BCUT2D eigenvalue weighted by Crippen LogP contribution is -2.59. The maximum Gasteiger partial charge on any atom is 0.265 e. The summed E-state index contributed by atoms with van der Waals surface area (Å²) in [7, 11) is 0. The Morgan fingerprint density at radius 3 is 2.72 bits per heavy atom. The van der Waals surface area contributed by atoms with Gasteiger partial charge in [-0.05, 0) is 50.2 Å². The summed E-state index contributed by atoms with van der Waals surface area (Å²) in [4.78, 5) is 41.4. The van der Waals surface area contributed by atoms with Gasteiger partial charge in [0.1, 0.15) is 17.1 Å². The van der Waals surface area contributed by atoms with Crippen molar-refractivity contribution in [3.8, 4) is 5.75 Å². The quantitative estimate of drug-likeness (QED) is 0.713. The van der Waals surface area contributed by atoms with Gasteiger partial charge in [0.15, 0.2) is 6.61 Å². The number of halogens is 1. The maximum atomic E-state index is 13.6. The normalized spacial score (nSPS) is 15.0. The highest BCUT2D eigenvalue weighted by molar-refractivity contribution is 6.14. The Kier molecular flexibility index (Phi) is 4.34. The summed E-state index contributed by atoms with van der Waals surface area (Å²) >= 11 is 0. The Bertz CT molecular complexity index is 1200. The van der Waals surface area contributed by atoms with E-state index in [1.165, 1.54) is 29.3 Å². The first kappa shape index (κ1) is 18.7. The molecule has 0 unspecified atom stereocenters. The number of hydrogen-bond acceptors (Lipinski definition) is 4. The fourth-order valence-electron chi connectivity index (χ4n) is 3.45. The van der Waals surface area contributed by atoms with E-state index in [4.69, 9.17) is 4.74 Å². The Morgan fingerprint density at radius 2 is 1.93 bits per heavy atom. The molecule has 0 saturated heterocycles. The molecule has 0 atom stereocenters. The average molecular weight is 395 g/mol. The molecule has 1 aliphatic rings. The molecule has 1 aliphatic heterocycles. The fourth-order valence-corrected chi connectivity index (χ4v) is 3.45. The minimum Gasteiger partial charge on any atom is -0.483 e. The molecule has 0 bridgehead atoms. The van der Waals surface area contributed by atoms with Gasteiger partial charge in [-0.1, -0.05) is 6.07 Å². The zero-order valence-electron chi connectivity index (χ0n) is 15.8. The number of ether oxygens (including phenoxy) is 1. The lowest BCUT2D eigenvalue weighted by molar-refractivity contribution is -0.127. The molecule has 1 aromatic heterocycles. The van der Waals surface area contributed by atoms with Crippen LogP contribution in [0.4, 0.5) is 15.8 Å². The van der Waals surface area contributed by atoms with Gasteiger partial charge in [0.2, 0.25) is 5.91 Å². The van der Waals surface area contributed by atoms with E-state index < -0.39 is 23.2 Å². The maximum absolute atomic E-state index is 13.6. The van der Waals surface area contributed by atoms with Gasteiger partial charge >= 0.3 is 0 Å². The van der Waals surface area contributed by atoms with Gasteiger partial charge in [-0.3, -0.25) is 19.3 Å². The molecule has 4 rings (SSSR count). The van der Waals surface area contributed by atoms with Crippen molar-refractivity contribution in [2.45, 2.75) is 19.4 Å². The Morgan fingerprint density at radius 1 is 1.14 bits per heavy atom. The summed E-state index contributed by atoms with van der Waals surface area (Å²) in [5.41, 5.74) is -0.844. The predicted molar refractivity (Wildman–Crippen MR) is 107 cm³/mol. The highest BCUT2D eigenvalue weighted by Gasteiger charge is 2.43. The number of benzene rings is 2. The monoisotopic (exact) mass is 395 g/mol. The highest BCUT2D eigenvalue weighted by atomic mass is 19.1.